The number of hydrogen-bond acceptors (Lipinski definition) is 4. The summed E-state index contributed by atoms with van der Waals surface area (Å²) in [5, 5.41) is 0. The number of piperidine rings is 1. The summed E-state index contributed by atoms with van der Waals surface area (Å²) < 4.78 is 24.8. The Morgan fingerprint density at radius 3 is 2.64 bits per heavy atom. The highest BCUT2D eigenvalue weighted by molar-refractivity contribution is 7.88. The number of likely N-dealkylation sites (N-methyl/N-ethyl adjacent to an activating group) is 1. The lowest BCUT2D eigenvalue weighted by molar-refractivity contribution is -0.132. The van der Waals surface area contributed by atoms with E-state index in [1.807, 2.05) is 11.9 Å². The summed E-state index contributed by atoms with van der Waals surface area (Å²) in [5.41, 5.74) is 0. The Balaban J connectivity index is 1.79. The van der Waals surface area contributed by atoms with Crippen LogP contribution in [-0.2, 0) is 14.8 Å². The molecule has 1 heterocycles. The summed E-state index contributed by atoms with van der Waals surface area (Å²) >= 11 is 0. The second-order valence-corrected chi connectivity index (χ2v) is 8.63. The Morgan fingerprint density at radius 1 is 1.27 bits per heavy atom. The first-order valence-electron chi connectivity index (χ1n) is 8.28. The van der Waals surface area contributed by atoms with Gasteiger partial charge in [0.1, 0.15) is 0 Å². The number of sulfonamides is 1. The minimum atomic E-state index is -3.13. The number of hydrogen-bond donors (Lipinski definition) is 1. The third kappa shape index (κ3) is 6.22. The molecule has 1 unspecified atom stereocenters. The van der Waals surface area contributed by atoms with Crippen LogP contribution in [0.5, 0.6) is 0 Å². The summed E-state index contributed by atoms with van der Waals surface area (Å²) in [4.78, 5) is 16.4. The highest BCUT2D eigenvalue weighted by Gasteiger charge is 2.28. The van der Waals surface area contributed by atoms with Crippen LogP contribution < -0.4 is 4.72 Å². The van der Waals surface area contributed by atoms with Crippen molar-refractivity contribution in [3.8, 4) is 0 Å². The number of carbonyl (C=O) groups is 1. The monoisotopic (exact) mass is 331 g/mol. The van der Waals surface area contributed by atoms with Crippen molar-refractivity contribution < 1.29 is 13.2 Å². The first-order valence-corrected chi connectivity index (χ1v) is 10.2. The van der Waals surface area contributed by atoms with Gasteiger partial charge in [0, 0.05) is 26.2 Å². The summed E-state index contributed by atoms with van der Waals surface area (Å²) in [7, 11) is -1.24. The van der Waals surface area contributed by atoms with Crippen molar-refractivity contribution >= 4 is 15.9 Å². The second kappa shape index (κ2) is 7.75. The molecule has 1 N–H and O–H groups in total. The molecule has 2 aliphatic rings. The predicted molar refractivity (Wildman–Crippen MR) is 87.0 cm³/mol. The lowest BCUT2D eigenvalue weighted by Crippen LogP contribution is -2.47. The summed E-state index contributed by atoms with van der Waals surface area (Å²) in [6.07, 6.45) is 7.78. The zero-order chi connectivity index (χ0) is 16.2. The Bertz CT molecular complexity index is 476. The Labute approximate surface area is 134 Å². The molecule has 7 heteroatoms. The van der Waals surface area contributed by atoms with Crippen LogP contribution >= 0.6 is 0 Å². The third-order valence-electron chi connectivity index (χ3n) is 4.58. The Hall–Kier alpha value is -0.660. The molecule has 22 heavy (non-hydrogen) atoms. The second-order valence-electron chi connectivity index (χ2n) is 6.79. The number of nitrogens with zero attached hydrogens (tertiary/aromatic N) is 2. The maximum absolute atomic E-state index is 12.3. The van der Waals surface area contributed by atoms with Gasteiger partial charge >= 0.3 is 0 Å². The van der Waals surface area contributed by atoms with Crippen molar-refractivity contribution in [1.82, 2.24) is 14.5 Å². The third-order valence-corrected chi connectivity index (χ3v) is 5.31. The van der Waals surface area contributed by atoms with Gasteiger partial charge in [-0.05, 0) is 44.6 Å². The van der Waals surface area contributed by atoms with Crippen LogP contribution in [0.3, 0.4) is 0 Å². The quantitative estimate of drug-likeness (QED) is 0.709. The smallest absolute Gasteiger partial charge is 0.236 e. The number of likely N-dealkylation sites (tertiary alicyclic amines) is 1. The largest absolute Gasteiger partial charge is 0.344 e. The molecular formula is C15H29N3O3S. The zero-order valence-electron chi connectivity index (χ0n) is 13.8. The van der Waals surface area contributed by atoms with E-state index in [-0.39, 0.29) is 5.91 Å². The van der Waals surface area contributed by atoms with Crippen molar-refractivity contribution in [2.45, 2.75) is 44.6 Å². The highest BCUT2D eigenvalue weighted by Crippen LogP contribution is 2.29. The average Bonchev–Trinajstić information content (AvgIpc) is 3.23. The molecule has 1 amide bonds. The molecule has 128 valence electrons. The van der Waals surface area contributed by atoms with Crippen molar-refractivity contribution in [3.63, 3.8) is 0 Å². The molecule has 2 rings (SSSR count). The molecule has 2 fully saturated rings. The Morgan fingerprint density at radius 2 is 2.00 bits per heavy atom. The molecule has 0 bridgehead atoms. The van der Waals surface area contributed by atoms with Gasteiger partial charge in [0.2, 0.25) is 15.9 Å². The normalized spacial score (nSPS) is 23.5. The predicted octanol–water partition coefficient (Wildman–Crippen LogP) is 0.649. The maximum Gasteiger partial charge on any atom is 0.236 e. The summed E-state index contributed by atoms with van der Waals surface area (Å²) in [6, 6.07) is 0.307. The van der Waals surface area contributed by atoms with E-state index in [2.05, 4.69) is 9.62 Å². The van der Waals surface area contributed by atoms with Crippen LogP contribution in [0, 0.1) is 5.92 Å². The molecule has 1 aliphatic carbocycles. The van der Waals surface area contributed by atoms with E-state index in [1.165, 1.54) is 19.1 Å². The summed E-state index contributed by atoms with van der Waals surface area (Å²) in [6.45, 7) is 2.73. The van der Waals surface area contributed by atoms with Crippen molar-refractivity contribution in [1.29, 1.82) is 0 Å². The molecule has 0 radical (unpaired) electrons. The van der Waals surface area contributed by atoms with Gasteiger partial charge in [-0.2, -0.15) is 0 Å². The first kappa shape index (κ1) is 17.7. The van der Waals surface area contributed by atoms with Crippen LogP contribution in [0.4, 0.5) is 0 Å². The van der Waals surface area contributed by atoms with Crippen LogP contribution in [0.25, 0.3) is 0 Å². The fourth-order valence-corrected chi connectivity index (χ4v) is 3.58. The van der Waals surface area contributed by atoms with Gasteiger partial charge in [0.15, 0.2) is 0 Å². The van der Waals surface area contributed by atoms with Gasteiger partial charge in [-0.15, -0.1) is 0 Å². The van der Waals surface area contributed by atoms with E-state index < -0.39 is 10.0 Å². The molecular weight excluding hydrogens is 302 g/mol. The minimum absolute atomic E-state index is 0.190. The van der Waals surface area contributed by atoms with Gasteiger partial charge in [0.05, 0.1) is 12.8 Å². The minimum Gasteiger partial charge on any atom is -0.344 e. The van der Waals surface area contributed by atoms with Crippen LogP contribution in [0.1, 0.15) is 38.5 Å². The number of carbonyl (C=O) groups excluding carboxylic acids is 1. The molecule has 0 aromatic rings. The maximum atomic E-state index is 12.3. The van der Waals surface area contributed by atoms with Crippen molar-refractivity contribution in [3.05, 3.63) is 0 Å². The number of rotatable bonds is 8. The molecule has 1 saturated carbocycles. The fourth-order valence-electron chi connectivity index (χ4n) is 3.09. The highest BCUT2D eigenvalue weighted by atomic mass is 32.2. The molecule has 1 saturated heterocycles. The van der Waals surface area contributed by atoms with Crippen LogP contribution in [0.2, 0.25) is 0 Å². The summed E-state index contributed by atoms with van der Waals surface area (Å²) in [5.74, 6) is 0.903. The molecule has 0 aromatic heterocycles. The van der Waals surface area contributed by atoms with Crippen LogP contribution in [-0.4, -0.2) is 69.6 Å². The van der Waals surface area contributed by atoms with Gasteiger partial charge in [-0.3, -0.25) is 9.69 Å². The number of amides is 1. The van der Waals surface area contributed by atoms with Gasteiger partial charge in [-0.25, -0.2) is 13.1 Å². The van der Waals surface area contributed by atoms with E-state index >= 15 is 0 Å². The van der Waals surface area contributed by atoms with E-state index in [0.717, 1.165) is 38.8 Å². The molecule has 0 spiro atoms. The molecule has 1 atom stereocenters. The topological polar surface area (TPSA) is 69.7 Å². The van der Waals surface area contributed by atoms with E-state index in [1.54, 1.807) is 0 Å². The van der Waals surface area contributed by atoms with Gasteiger partial charge in [-0.1, -0.05) is 6.42 Å². The van der Waals surface area contributed by atoms with Gasteiger partial charge in [0.25, 0.3) is 0 Å². The van der Waals surface area contributed by atoms with E-state index in [0.29, 0.717) is 25.0 Å². The molecule has 0 aromatic carbocycles. The van der Waals surface area contributed by atoms with E-state index in [4.69, 9.17) is 0 Å². The van der Waals surface area contributed by atoms with Crippen molar-refractivity contribution in [2.24, 2.45) is 5.92 Å². The standard InChI is InChI=1S/C15H29N3O3S/c1-17(11-13-6-7-13)15(19)12-18-10-4-3-5-14(18)8-9-16-22(2,20)21/h13-14,16H,3-12H2,1-2H3. The lowest BCUT2D eigenvalue weighted by atomic mass is 9.99. The van der Waals surface area contributed by atoms with Gasteiger partial charge < -0.3 is 4.90 Å². The SMILES string of the molecule is CN(CC1CC1)C(=O)CN1CCCCC1CCNS(C)(=O)=O. The molecule has 1 aliphatic heterocycles. The van der Waals surface area contributed by atoms with Crippen LogP contribution in [0.15, 0.2) is 0 Å². The fraction of sp³-hybridized carbons (Fsp3) is 0.933. The van der Waals surface area contributed by atoms with Crippen molar-refractivity contribution in [2.75, 3.05) is 39.5 Å². The Kier molecular flexibility index (Phi) is 6.23. The first-order chi connectivity index (χ1) is 10.3. The number of nitrogens with one attached hydrogen (secondary N) is 1. The molecule has 6 nitrogen and oxygen atoms in total. The lowest BCUT2D eigenvalue weighted by Gasteiger charge is -2.36. The zero-order valence-corrected chi connectivity index (χ0v) is 14.6. The van der Waals surface area contributed by atoms with E-state index in [9.17, 15) is 13.2 Å². The average molecular weight is 331 g/mol.